The van der Waals surface area contributed by atoms with E-state index in [2.05, 4.69) is 10.4 Å². The lowest BCUT2D eigenvalue weighted by molar-refractivity contribution is -0.142. The van der Waals surface area contributed by atoms with Crippen LogP contribution in [0.15, 0.2) is 6.20 Å². The van der Waals surface area contributed by atoms with Crippen molar-refractivity contribution in [2.75, 3.05) is 13.6 Å². The van der Waals surface area contributed by atoms with Crippen LogP contribution >= 0.6 is 0 Å². The Balaban J connectivity index is 1.91. The Morgan fingerprint density at radius 3 is 2.75 bits per heavy atom. The second-order valence-corrected chi connectivity index (χ2v) is 6.33. The molecule has 0 unspecified atom stereocenters. The first-order valence-corrected chi connectivity index (χ1v) is 7.95. The molecule has 6 nitrogen and oxygen atoms in total. The van der Waals surface area contributed by atoms with Crippen LogP contribution in [0, 0.1) is 5.92 Å². The standard InChI is InChI=1S/C15H23F3N4O2/c1-21(8-10-5-3-4-6-12(10)23)14(24)19-7-11-9-22(2)20-13(11)15(16,17)18/h9-10,12,23H,3-8H2,1-2H3,(H,19,24)/t10-,12+/m0/s1. The Morgan fingerprint density at radius 1 is 1.46 bits per heavy atom. The van der Waals surface area contributed by atoms with Gasteiger partial charge < -0.3 is 15.3 Å². The minimum absolute atomic E-state index is 0.0126. The van der Waals surface area contributed by atoms with E-state index in [1.165, 1.54) is 18.1 Å². The van der Waals surface area contributed by atoms with Gasteiger partial charge in [0.05, 0.1) is 6.10 Å². The maximum Gasteiger partial charge on any atom is 0.435 e. The van der Waals surface area contributed by atoms with Crippen LogP contribution in [0.2, 0.25) is 0 Å². The number of aromatic nitrogens is 2. The molecule has 1 heterocycles. The third kappa shape index (κ3) is 4.62. The number of rotatable bonds is 4. The van der Waals surface area contributed by atoms with Crippen LogP contribution in [-0.2, 0) is 19.8 Å². The van der Waals surface area contributed by atoms with Crippen molar-refractivity contribution in [2.45, 2.75) is 44.5 Å². The first-order chi connectivity index (χ1) is 11.2. The molecule has 0 spiro atoms. The Labute approximate surface area is 138 Å². The van der Waals surface area contributed by atoms with E-state index in [1.54, 1.807) is 7.05 Å². The summed E-state index contributed by atoms with van der Waals surface area (Å²) in [6.45, 7) is 0.130. The van der Waals surface area contributed by atoms with E-state index < -0.39 is 24.0 Å². The number of amides is 2. The van der Waals surface area contributed by atoms with E-state index in [1.807, 2.05) is 0 Å². The van der Waals surface area contributed by atoms with Crippen molar-refractivity contribution < 1.29 is 23.1 Å². The largest absolute Gasteiger partial charge is 0.435 e. The number of halogens is 3. The monoisotopic (exact) mass is 348 g/mol. The third-order valence-electron chi connectivity index (χ3n) is 4.33. The Morgan fingerprint density at radius 2 is 2.12 bits per heavy atom. The number of hydrogen-bond acceptors (Lipinski definition) is 3. The fourth-order valence-corrected chi connectivity index (χ4v) is 3.05. The van der Waals surface area contributed by atoms with E-state index in [9.17, 15) is 23.1 Å². The zero-order valence-electron chi connectivity index (χ0n) is 13.8. The summed E-state index contributed by atoms with van der Waals surface area (Å²) >= 11 is 0. The Kier molecular flexibility index (Phi) is 5.74. The minimum atomic E-state index is -4.56. The first kappa shape index (κ1) is 18.6. The van der Waals surface area contributed by atoms with Gasteiger partial charge in [-0.3, -0.25) is 4.68 Å². The summed E-state index contributed by atoms with van der Waals surface area (Å²) in [5.74, 6) is 0.0126. The molecule has 2 N–H and O–H groups in total. The molecular weight excluding hydrogens is 325 g/mol. The molecule has 136 valence electrons. The molecule has 1 fully saturated rings. The van der Waals surface area contributed by atoms with Crippen LogP contribution in [0.1, 0.15) is 36.9 Å². The van der Waals surface area contributed by atoms with Gasteiger partial charge in [-0.15, -0.1) is 0 Å². The first-order valence-electron chi connectivity index (χ1n) is 7.95. The van der Waals surface area contributed by atoms with Gasteiger partial charge in [-0.25, -0.2) is 4.79 Å². The van der Waals surface area contributed by atoms with Gasteiger partial charge in [-0.05, 0) is 12.8 Å². The molecule has 0 bridgehead atoms. The number of aliphatic hydroxyl groups is 1. The summed E-state index contributed by atoms with van der Waals surface area (Å²) in [5.41, 5.74) is -1.07. The molecule has 0 aromatic carbocycles. The van der Waals surface area contributed by atoms with Crippen LogP contribution in [-0.4, -0.2) is 45.5 Å². The van der Waals surface area contributed by atoms with E-state index >= 15 is 0 Å². The molecule has 1 saturated carbocycles. The van der Waals surface area contributed by atoms with Gasteiger partial charge in [0.1, 0.15) is 0 Å². The normalized spacial score (nSPS) is 21.6. The van der Waals surface area contributed by atoms with Crippen LogP contribution in [0.5, 0.6) is 0 Å². The van der Waals surface area contributed by atoms with Gasteiger partial charge in [0, 0.05) is 44.9 Å². The van der Waals surface area contributed by atoms with Crippen molar-refractivity contribution >= 4 is 6.03 Å². The molecule has 0 saturated heterocycles. The number of nitrogens with zero attached hydrogens (tertiary/aromatic N) is 3. The molecule has 0 radical (unpaired) electrons. The lowest BCUT2D eigenvalue weighted by Gasteiger charge is -2.31. The third-order valence-corrected chi connectivity index (χ3v) is 4.33. The number of urea groups is 1. The lowest BCUT2D eigenvalue weighted by atomic mass is 9.86. The van der Waals surface area contributed by atoms with Gasteiger partial charge in [0.2, 0.25) is 0 Å². The number of carbonyl (C=O) groups is 1. The predicted octanol–water partition coefficient (Wildman–Crippen LogP) is 2.13. The summed E-state index contributed by atoms with van der Waals surface area (Å²) in [5, 5.41) is 15.8. The molecular formula is C15H23F3N4O2. The van der Waals surface area contributed by atoms with Crippen molar-refractivity contribution in [3.63, 3.8) is 0 Å². The highest BCUT2D eigenvalue weighted by atomic mass is 19.4. The number of aryl methyl sites for hydroxylation is 1. The fourth-order valence-electron chi connectivity index (χ4n) is 3.05. The van der Waals surface area contributed by atoms with Crippen molar-refractivity contribution in [1.29, 1.82) is 0 Å². The number of carbonyl (C=O) groups excluding carboxylic acids is 1. The molecule has 0 aliphatic heterocycles. The molecule has 9 heteroatoms. The quantitative estimate of drug-likeness (QED) is 0.876. The summed E-state index contributed by atoms with van der Waals surface area (Å²) in [4.78, 5) is 13.5. The molecule has 2 amide bonds. The van der Waals surface area contributed by atoms with E-state index in [0.717, 1.165) is 30.4 Å². The zero-order valence-corrected chi connectivity index (χ0v) is 13.8. The molecule has 2 atom stereocenters. The van der Waals surface area contributed by atoms with E-state index in [4.69, 9.17) is 0 Å². The summed E-state index contributed by atoms with van der Waals surface area (Å²) in [6.07, 6.45) is -0.168. The molecule has 1 aromatic heterocycles. The smallest absolute Gasteiger partial charge is 0.393 e. The predicted molar refractivity (Wildman–Crippen MR) is 81.0 cm³/mol. The number of alkyl halides is 3. The van der Waals surface area contributed by atoms with E-state index in [-0.39, 0.29) is 18.0 Å². The van der Waals surface area contributed by atoms with Crippen LogP contribution in [0.25, 0.3) is 0 Å². The highest BCUT2D eigenvalue weighted by Crippen LogP contribution is 2.30. The molecule has 1 aliphatic carbocycles. The highest BCUT2D eigenvalue weighted by molar-refractivity contribution is 5.73. The minimum Gasteiger partial charge on any atom is -0.393 e. The molecule has 2 rings (SSSR count). The second-order valence-electron chi connectivity index (χ2n) is 6.33. The zero-order chi connectivity index (χ0) is 17.9. The average molecular weight is 348 g/mol. The molecule has 1 aliphatic rings. The van der Waals surface area contributed by atoms with Crippen LogP contribution in [0.3, 0.4) is 0 Å². The average Bonchev–Trinajstić information content (AvgIpc) is 2.88. The number of aliphatic hydroxyl groups excluding tert-OH is 1. The lowest BCUT2D eigenvalue weighted by Crippen LogP contribution is -2.42. The fraction of sp³-hybridized carbons (Fsp3) is 0.733. The van der Waals surface area contributed by atoms with Crippen molar-refractivity contribution in [3.8, 4) is 0 Å². The van der Waals surface area contributed by atoms with Crippen LogP contribution < -0.4 is 5.32 Å². The van der Waals surface area contributed by atoms with Gasteiger partial charge in [-0.1, -0.05) is 12.8 Å². The summed E-state index contributed by atoms with van der Waals surface area (Å²) < 4.78 is 39.7. The maximum atomic E-state index is 12.9. The molecule has 1 aromatic rings. The van der Waals surface area contributed by atoms with Crippen molar-refractivity contribution in [3.05, 3.63) is 17.5 Å². The van der Waals surface area contributed by atoms with Gasteiger partial charge in [-0.2, -0.15) is 18.3 Å². The summed E-state index contributed by atoms with van der Waals surface area (Å²) in [7, 11) is 2.97. The molecule has 24 heavy (non-hydrogen) atoms. The van der Waals surface area contributed by atoms with E-state index in [0.29, 0.717) is 6.54 Å². The number of hydrogen-bond donors (Lipinski definition) is 2. The second kappa shape index (κ2) is 7.42. The van der Waals surface area contributed by atoms with Crippen molar-refractivity contribution in [1.82, 2.24) is 20.0 Å². The van der Waals surface area contributed by atoms with Gasteiger partial charge in [0.15, 0.2) is 5.69 Å². The van der Waals surface area contributed by atoms with Gasteiger partial charge >= 0.3 is 12.2 Å². The highest BCUT2D eigenvalue weighted by Gasteiger charge is 2.37. The topological polar surface area (TPSA) is 70.4 Å². The van der Waals surface area contributed by atoms with Crippen molar-refractivity contribution in [2.24, 2.45) is 13.0 Å². The Hall–Kier alpha value is -1.77. The number of nitrogens with one attached hydrogen (secondary N) is 1. The Bertz CT molecular complexity index is 574. The van der Waals surface area contributed by atoms with Gasteiger partial charge in [0.25, 0.3) is 0 Å². The summed E-state index contributed by atoms with van der Waals surface area (Å²) in [6, 6.07) is -0.468. The van der Waals surface area contributed by atoms with Crippen LogP contribution in [0.4, 0.5) is 18.0 Å². The SMILES string of the molecule is CN(C[C@@H]1CCCC[C@H]1O)C(=O)NCc1cn(C)nc1C(F)(F)F. The maximum absolute atomic E-state index is 12.9.